The lowest BCUT2D eigenvalue weighted by atomic mass is 10.1. The molecule has 120 valence electrons. The van der Waals surface area contributed by atoms with E-state index < -0.39 is 24.6 Å². The third-order valence-electron chi connectivity index (χ3n) is 2.79. The van der Waals surface area contributed by atoms with E-state index in [1.165, 1.54) is 11.3 Å². The first-order valence-corrected chi connectivity index (χ1v) is 7.76. The highest BCUT2D eigenvalue weighted by atomic mass is 32.1. The molecule has 0 aliphatic rings. The molecular formula is C16H15NO5S. The van der Waals surface area contributed by atoms with Crippen molar-refractivity contribution in [2.45, 2.75) is 6.92 Å². The fourth-order valence-electron chi connectivity index (χ4n) is 1.83. The Morgan fingerprint density at radius 3 is 2.52 bits per heavy atom. The standard InChI is InChI=1S/C16H15NO5S/c1-2-21-16(20)17-13(18)10-22-15(19)14-12(8-9-23-14)11-6-4-3-5-7-11/h3-9H,2,10H2,1H3,(H,17,18,20). The van der Waals surface area contributed by atoms with E-state index in [4.69, 9.17) is 4.74 Å². The molecule has 0 spiro atoms. The minimum Gasteiger partial charge on any atom is -0.451 e. The van der Waals surface area contributed by atoms with E-state index in [0.29, 0.717) is 4.88 Å². The first-order chi connectivity index (χ1) is 11.1. The van der Waals surface area contributed by atoms with Crippen LogP contribution in [-0.4, -0.2) is 31.2 Å². The van der Waals surface area contributed by atoms with Gasteiger partial charge in [-0.05, 0) is 23.9 Å². The van der Waals surface area contributed by atoms with Crippen molar-refractivity contribution >= 4 is 29.3 Å². The summed E-state index contributed by atoms with van der Waals surface area (Å²) in [6.45, 7) is 1.21. The van der Waals surface area contributed by atoms with Gasteiger partial charge in [0.25, 0.3) is 5.91 Å². The highest BCUT2D eigenvalue weighted by molar-refractivity contribution is 7.12. The Balaban J connectivity index is 1.96. The van der Waals surface area contributed by atoms with Crippen LogP contribution in [0.25, 0.3) is 11.1 Å². The summed E-state index contributed by atoms with van der Waals surface area (Å²) in [6.07, 6.45) is -0.866. The molecule has 1 aromatic carbocycles. The maximum atomic E-state index is 12.1. The fraction of sp³-hybridized carbons (Fsp3) is 0.188. The summed E-state index contributed by atoms with van der Waals surface area (Å²) < 4.78 is 9.50. The van der Waals surface area contributed by atoms with Gasteiger partial charge in [0.15, 0.2) is 6.61 Å². The summed E-state index contributed by atoms with van der Waals surface area (Å²) in [5, 5.41) is 3.73. The maximum Gasteiger partial charge on any atom is 0.413 e. The topological polar surface area (TPSA) is 81.7 Å². The highest BCUT2D eigenvalue weighted by Crippen LogP contribution is 2.28. The first kappa shape index (κ1) is 16.7. The Kier molecular flexibility index (Phi) is 5.87. The normalized spacial score (nSPS) is 9.96. The summed E-state index contributed by atoms with van der Waals surface area (Å²) in [4.78, 5) is 35.1. The van der Waals surface area contributed by atoms with E-state index in [9.17, 15) is 14.4 Å². The number of thiophene rings is 1. The van der Waals surface area contributed by atoms with Crippen LogP contribution in [0.5, 0.6) is 0 Å². The molecule has 0 unspecified atom stereocenters. The predicted octanol–water partition coefficient (Wildman–Crippen LogP) is 2.84. The number of alkyl carbamates (subject to hydrolysis) is 1. The molecule has 2 amide bonds. The molecule has 0 aliphatic carbocycles. The molecule has 0 radical (unpaired) electrons. The summed E-state index contributed by atoms with van der Waals surface area (Å²) in [6, 6.07) is 11.2. The van der Waals surface area contributed by atoms with Gasteiger partial charge in [-0.1, -0.05) is 30.3 Å². The van der Waals surface area contributed by atoms with Gasteiger partial charge in [-0.3, -0.25) is 10.1 Å². The number of hydrogen-bond donors (Lipinski definition) is 1. The smallest absolute Gasteiger partial charge is 0.413 e. The Hall–Kier alpha value is -2.67. The minimum atomic E-state index is -0.866. The van der Waals surface area contributed by atoms with Crippen molar-refractivity contribution in [2.24, 2.45) is 0 Å². The number of ether oxygens (including phenoxy) is 2. The Labute approximate surface area is 137 Å². The molecule has 0 saturated carbocycles. The monoisotopic (exact) mass is 333 g/mol. The fourth-order valence-corrected chi connectivity index (χ4v) is 2.63. The number of nitrogens with one attached hydrogen (secondary N) is 1. The van der Waals surface area contributed by atoms with Gasteiger partial charge in [0.05, 0.1) is 6.61 Å². The summed E-state index contributed by atoms with van der Waals surface area (Å²) in [7, 11) is 0. The Bertz CT molecular complexity index is 696. The van der Waals surface area contributed by atoms with Crippen LogP contribution in [0.3, 0.4) is 0 Å². The van der Waals surface area contributed by atoms with E-state index in [0.717, 1.165) is 11.1 Å². The second kappa shape index (κ2) is 8.09. The highest BCUT2D eigenvalue weighted by Gasteiger charge is 2.18. The largest absolute Gasteiger partial charge is 0.451 e. The molecule has 0 aliphatic heterocycles. The first-order valence-electron chi connectivity index (χ1n) is 6.88. The maximum absolute atomic E-state index is 12.1. The van der Waals surface area contributed by atoms with Crippen LogP contribution < -0.4 is 5.32 Å². The average molecular weight is 333 g/mol. The molecule has 2 rings (SSSR count). The number of hydrogen-bond acceptors (Lipinski definition) is 6. The third-order valence-corrected chi connectivity index (χ3v) is 3.68. The molecule has 0 atom stereocenters. The Morgan fingerprint density at radius 1 is 1.09 bits per heavy atom. The minimum absolute atomic E-state index is 0.147. The SMILES string of the molecule is CCOC(=O)NC(=O)COC(=O)c1sccc1-c1ccccc1. The Morgan fingerprint density at radius 2 is 1.83 bits per heavy atom. The zero-order valence-electron chi connectivity index (χ0n) is 12.4. The summed E-state index contributed by atoms with van der Waals surface area (Å²) in [5.74, 6) is -1.35. The molecular weight excluding hydrogens is 318 g/mol. The van der Waals surface area contributed by atoms with Gasteiger partial charge in [0, 0.05) is 5.56 Å². The van der Waals surface area contributed by atoms with Crippen LogP contribution in [0, 0.1) is 0 Å². The quantitative estimate of drug-likeness (QED) is 0.851. The number of benzene rings is 1. The van der Waals surface area contributed by atoms with Gasteiger partial charge in [0.2, 0.25) is 0 Å². The number of carbonyl (C=O) groups excluding carboxylic acids is 3. The van der Waals surface area contributed by atoms with E-state index in [1.807, 2.05) is 41.7 Å². The molecule has 0 bridgehead atoms. The van der Waals surface area contributed by atoms with Crippen LogP contribution in [-0.2, 0) is 14.3 Å². The molecule has 1 N–H and O–H groups in total. The average Bonchev–Trinajstić information content (AvgIpc) is 3.03. The third kappa shape index (κ3) is 4.65. The van der Waals surface area contributed by atoms with Crippen LogP contribution in [0.1, 0.15) is 16.6 Å². The number of esters is 1. The second-order valence-corrected chi connectivity index (χ2v) is 5.29. The zero-order valence-corrected chi connectivity index (χ0v) is 13.2. The molecule has 1 heterocycles. The molecule has 0 fully saturated rings. The van der Waals surface area contributed by atoms with Crippen molar-refractivity contribution in [3.8, 4) is 11.1 Å². The van der Waals surface area contributed by atoms with E-state index in [-0.39, 0.29) is 6.61 Å². The molecule has 7 heteroatoms. The van der Waals surface area contributed by atoms with Gasteiger partial charge in [-0.2, -0.15) is 0 Å². The van der Waals surface area contributed by atoms with E-state index in [2.05, 4.69) is 4.74 Å². The van der Waals surface area contributed by atoms with Crippen molar-refractivity contribution in [2.75, 3.05) is 13.2 Å². The van der Waals surface area contributed by atoms with Gasteiger partial charge in [-0.15, -0.1) is 11.3 Å². The second-order valence-electron chi connectivity index (χ2n) is 4.37. The van der Waals surface area contributed by atoms with Gasteiger partial charge >= 0.3 is 12.1 Å². The van der Waals surface area contributed by atoms with Crippen molar-refractivity contribution in [3.63, 3.8) is 0 Å². The number of rotatable bonds is 5. The number of carbonyl (C=O) groups is 3. The zero-order chi connectivity index (χ0) is 16.7. The lowest BCUT2D eigenvalue weighted by Crippen LogP contribution is -2.34. The summed E-state index contributed by atoms with van der Waals surface area (Å²) >= 11 is 1.23. The number of imide groups is 1. The lowest BCUT2D eigenvalue weighted by Gasteiger charge is -2.06. The molecule has 23 heavy (non-hydrogen) atoms. The molecule has 0 saturated heterocycles. The van der Waals surface area contributed by atoms with Crippen molar-refractivity contribution in [1.29, 1.82) is 0 Å². The predicted molar refractivity (Wildman–Crippen MR) is 85.2 cm³/mol. The van der Waals surface area contributed by atoms with Crippen LogP contribution in [0.2, 0.25) is 0 Å². The lowest BCUT2D eigenvalue weighted by molar-refractivity contribution is -0.123. The molecule has 1 aromatic heterocycles. The van der Waals surface area contributed by atoms with Gasteiger partial charge in [0.1, 0.15) is 4.88 Å². The van der Waals surface area contributed by atoms with Crippen molar-refractivity contribution < 1.29 is 23.9 Å². The summed E-state index contributed by atoms with van der Waals surface area (Å²) in [5.41, 5.74) is 1.63. The van der Waals surface area contributed by atoms with Crippen LogP contribution in [0.4, 0.5) is 4.79 Å². The van der Waals surface area contributed by atoms with E-state index >= 15 is 0 Å². The number of amides is 2. The molecule has 6 nitrogen and oxygen atoms in total. The van der Waals surface area contributed by atoms with E-state index in [1.54, 1.807) is 12.3 Å². The van der Waals surface area contributed by atoms with Crippen LogP contribution in [0.15, 0.2) is 41.8 Å². The molecule has 2 aromatic rings. The van der Waals surface area contributed by atoms with Crippen LogP contribution >= 0.6 is 11.3 Å². The van der Waals surface area contributed by atoms with Crippen molar-refractivity contribution in [1.82, 2.24) is 5.32 Å². The van der Waals surface area contributed by atoms with Gasteiger partial charge < -0.3 is 9.47 Å². The van der Waals surface area contributed by atoms with Crippen molar-refractivity contribution in [3.05, 3.63) is 46.7 Å². The van der Waals surface area contributed by atoms with Gasteiger partial charge in [-0.25, -0.2) is 9.59 Å².